The molecule has 0 bridgehead atoms. The van der Waals surface area contributed by atoms with Gasteiger partial charge in [0.1, 0.15) is 11.6 Å². The molecular weight excluding hydrogens is 360 g/mol. The van der Waals surface area contributed by atoms with Crippen molar-refractivity contribution in [3.05, 3.63) is 46.6 Å². The fraction of sp³-hybridized carbons (Fsp3) is 0.381. The molecule has 2 N–H and O–H groups in total. The van der Waals surface area contributed by atoms with E-state index in [1.165, 1.54) is 0 Å². The smallest absolute Gasteiger partial charge is 0.262 e. The van der Waals surface area contributed by atoms with Crippen molar-refractivity contribution in [1.82, 2.24) is 15.5 Å². The van der Waals surface area contributed by atoms with E-state index >= 15 is 0 Å². The molecule has 0 spiro atoms. The van der Waals surface area contributed by atoms with Crippen LogP contribution in [0.2, 0.25) is 5.02 Å². The lowest BCUT2D eigenvalue weighted by Crippen LogP contribution is -2.46. The maximum absolute atomic E-state index is 12.6. The highest BCUT2D eigenvalue weighted by Crippen LogP contribution is 2.28. The molecule has 142 valence electrons. The van der Waals surface area contributed by atoms with E-state index in [1.807, 2.05) is 32.0 Å². The van der Waals surface area contributed by atoms with Crippen LogP contribution in [0.1, 0.15) is 46.6 Å². The lowest BCUT2D eigenvalue weighted by Gasteiger charge is -2.33. The van der Waals surface area contributed by atoms with Crippen molar-refractivity contribution >= 4 is 23.6 Å². The molecule has 0 fully saturated rings. The monoisotopic (exact) mass is 384 g/mol. The van der Waals surface area contributed by atoms with Gasteiger partial charge < -0.3 is 5.32 Å². The van der Waals surface area contributed by atoms with Crippen LogP contribution in [0.15, 0.2) is 36.0 Å². The molecule has 0 aliphatic carbocycles. The number of rotatable bonds is 5. The van der Waals surface area contributed by atoms with Gasteiger partial charge in [0.15, 0.2) is 0 Å². The maximum atomic E-state index is 12.6. The highest BCUT2D eigenvalue weighted by Gasteiger charge is 2.28. The number of amides is 1. The van der Waals surface area contributed by atoms with Crippen LogP contribution < -0.4 is 5.32 Å². The first-order chi connectivity index (χ1) is 12.5. The number of nitrogens with zero attached hydrogens (tertiary/aromatic N) is 2. The Balaban J connectivity index is 2.27. The molecule has 27 heavy (non-hydrogen) atoms. The lowest BCUT2D eigenvalue weighted by molar-refractivity contribution is -0.118. The summed E-state index contributed by atoms with van der Waals surface area (Å²) in [7, 11) is 0. The summed E-state index contributed by atoms with van der Waals surface area (Å²) in [6.45, 7) is 10.3. The molecule has 0 saturated carbocycles. The fourth-order valence-electron chi connectivity index (χ4n) is 3.30. The average molecular weight is 385 g/mol. The highest BCUT2D eigenvalue weighted by molar-refractivity contribution is 6.30. The SMILES string of the molecule is CC(C)(C)CC(C)(C)NC(=O)C(C#N)=Cc1cn[nH]c1-c1ccc(Cl)cc1. The Morgan fingerprint density at radius 3 is 2.44 bits per heavy atom. The quantitative estimate of drug-likeness (QED) is 0.564. The van der Waals surface area contributed by atoms with E-state index in [0.29, 0.717) is 10.6 Å². The number of H-pyrrole nitrogens is 1. The van der Waals surface area contributed by atoms with Gasteiger partial charge >= 0.3 is 0 Å². The molecule has 0 atom stereocenters. The predicted octanol–water partition coefficient (Wildman–Crippen LogP) is 4.97. The molecule has 1 aromatic carbocycles. The van der Waals surface area contributed by atoms with Crippen LogP contribution >= 0.6 is 11.6 Å². The Morgan fingerprint density at radius 1 is 1.26 bits per heavy atom. The molecule has 2 rings (SSSR count). The van der Waals surface area contributed by atoms with E-state index in [9.17, 15) is 10.1 Å². The molecule has 6 heteroatoms. The van der Waals surface area contributed by atoms with E-state index in [1.54, 1.807) is 24.4 Å². The van der Waals surface area contributed by atoms with Crippen LogP contribution in [0.5, 0.6) is 0 Å². The van der Waals surface area contributed by atoms with Gasteiger partial charge in [-0.15, -0.1) is 0 Å². The van der Waals surface area contributed by atoms with Crippen LogP contribution in [-0.2, 0) is 4.79 Å². The molecular formula is C21H25ClN4O. The minimum Gasteiger partial charge on any atom is -0.347 e. The topological polar surface area (TPSA) is 81.6 Å². The van der Waals surface area contributed by atoms with E-state index in [-0.39, 0.29) is 11.0 Å². The van der Waals surface area contributed by atoms with Gasteiger partial charge in [-0.25, -0.2) is 0 Å². The number of nitrogens with one attached hydrogen (secondary N) is 2. The van der Waals surface area contributed by atoms with Crippen molar-refractivity contribution in [2.75, 3.05) is 0 Å². The number of carbonyl (C=O) groups is 1. The number of hydrogen-bond donors (Lipinski definition) is 2. The molecule has 0 saturated heterocycles. The number of aromatic nitrogens is 2. The van der Waals surface area contributed by atoms with Crippen molar-refractivity contribution in [1.29, 1.82) is 5.26 Å². The molecule has 5 nitrogen and oxygen atoms in total. The van der Waals surface area contributed by atoms with Gasteiger partial charge in [-0.1, -0.05) is 44.5 Å². The first kappa shape index (κ1) is 20.7. The van der Waals surface area contributed by atoms with Crippen molar-refractivity contribution in [2.45, 2.75) is 46.6 Å². The zero-order valence-corrected chi connectivity index (χ0v) is 17.1. The summed E-state index contributed by atoms with van der Waals surface area (Å²) in [5.41, 5.74) is 1.92. The summed E-state index contributed by atoms with van der Waals surface area (Å²) in [6, 6.07) is 9.26. The van der Waals surface area contributed by atoms with Crippen LogP contribution in [0, 0.1) is 16.7 Å². The third kappa shape index (κ3) is 5.97. The Labute approximate surface area is 165 Å². The Hall–Kier alpha value is -2.58. The van der Waals surface area contributed by atoms with Crippen molar-refractivity contribution < 1.29 is 4.79 Å². The van der Waals surface area contributed by atoms with E-state index in [4.69, 9.17) is 11.6 Å². The number of benzene rings is 1. The number of nitriles is 1. The fourth-order valence-corrected chi connectivity index (χ4v) is 3.43. The highest BCUT2D eigenvalue weighted by atomic mass is 35.5. The van der Waals surface area contributed by atoms with E-state index in [0.717, 1.165) is 17.7 Å². The summed E-state index contributed by atoms with van der Waals surface area (Å²) < 4.78 is 0. The van der Waals surface area contributed by atoms with Crippen molar-refractivity contribution in [3.63, 3.8) is 0 Å². The van der Waals surface area contributed by atoms with Crippen LogP contribution in [0.4, 0.5) is 0 Å². The van der Waals surface area contributed by atoms with Crippen LogP contribution in [0.3, 0.4) is 0 Å². The largest absolute Gasteiger partial charge is 0.347 e. The van der Waals surface area contributed by atoms with Crippen LogP contribution in [-0.4, -0.2) is 21.6 Å². The normalized spacial score (nSPS) is 12.6. The Bertz CT molecular complexity index is 880. The third-order valence-electron chi connectivity index (χ3n) is 3.89. The van der Waals surface area contributed by atoms with Gasteiger partial charge in [0.2, 0.25) is 0 Å². The van der Waals surface area contributed by atoms with Gasteiger partial charge in [-0.3, -0.25) is 9.89 Å². The second kappa shape index (κ2) is 7.98. The average Bonchev–Trinajstić information content (AvgIpc) is 2.98. The Kier molecular flexibility index (Phi) is 6.12. The Morgan fingerprint density at radius 2 is 1.89 bits per heavy atom. The maximum Gasteiger partial charge on any atom is 0.262 e. The zero-order chi connectivity index (χ0) is 20.2. The number of halogens is 1. The lowest BCUT2D eigenvalue weighted by atomic mass is 9.81. The zero-order valence-electron chi connectivity index (χ0n) is 16.4. The number of aromatic amines is 1. The summed E-state index contributed by atoms with van der Waals surface area (Å²) in [5.74, 6) is -0.394. The third-order valence-corrected chi connectivity index (χ3v) is 4.14. The summed E-state index contributed by atoms with van der Waals surface area (Å²) >= 11 is 5.93. The van der Waals surface area contributed by atoms with Gasteiger partial charge in [-0.2, -0.15) is 10.4 Å². The van der Waals surface area contributed by atoms with Gasteiger partial charge in [0.25, 0.3) is 5.91 Å². The number of carbonyl (C=O) groups excluding carboxylic acids is 1. The molecule has 1 aromatic heterocycles. The van der Waals surface area contributed by atoms with Crippen molar-refractivity contribution in [2.24, 2.45) is 5.41 Å². The van der Waals surface area contributed by atoms with Gasteiger partial charge in [0, 0.05) is 21.7 Å². The molecule has 0 unspecified atom stereocenters. The molecule has 0 radical (unpaired) electrons. The van der Waals surface area contributed by atoms with Crippen molar-refractivity contribution in [3.8, 4) is 17.3 Å². The first-order valence-corrected chi connectivity index (χ1v) is 9.12. The molecule has 1 heterocycles. The second-order valence-electron chi connectivity index (χ2n) is 8.45. The van der Waals surface area contributed by atoms with Crippen LogP contribution in [0.25, 0.3) is 17.3 Å². The second-order valence-corrected chi connectivity index (χ2v) is 8.89. The molecule has 2 aromatic rings. The number of hydrogen-bond acceptors (Lipinski definition) is 3. The van der Waals surface area contributed by atoms with E-state index < -0.39 is 11.4 Å². The minimum atomic E-state index is -0.430. The summed E-state index contributed by atoms with van der Waals surface area (Å²) in [4.78, 5) is 12.6. The molecule has 0 aliphatic rings. The summed E-state index contributed by atoms with van der Waals surface area (Å²) in [6.07, 6.45) is 3.93. The van der Waals surface area contributed by atoms with Gasteiger partial charge in [0.05, 0.1) is 11.9 Å². The van der Waals surface area contributed by atoms with E-state index in [2.05, 4.69) is 36.3 Å². The molecule has 0 aliphatic heterocycles. The first-order valence-electron chi connectivity index (χ1n) is 8.74. The minimum absolute atomic E-state index is 0.0357. The molecule has 1 amide bonds. The summed E-state index contributed by atoms with van der Waals surface area (Å²) in [5, 5.41) is 20.1. The predicted molar refractivity (Wildman–Crippen MR) is 109 cm³/mol. The van der Waals surface area contributed by atoms with Gasteiger partial charge in [-0.05, 0) is 43.9 Å². The standard InChI is InChI=1S/C21H25ClN4O/c1-20(2,3)13-21(4,5)25-19(27)15(11-23)10-16-12-24-26-18(16)14-6-8-17(22)9-7-14/h6-10,12H,13H2,1-5H3,(H,24,26)(H,25,27).